The van der Waals surface area contributed by atoms with Gasteiger partial charge in [0.05, 0.1) is 35.5 Å². The summed E-state index contributed by atoms with van der Waals surface area (Å²) in [6.07, 6.45) is 8.30. The zero-order valence-corrected chi connectivity index (χ0v) is 24.5. The Hall–Kier alpha value is -1.85. The van der Waals surface area contributed by atoms with Gasteiger partial charge in [0.25, 0.3) is 0 Å². The molecular formula is C31H45NO5S. The van der Waals surface area contributed by atoms with Crippen molar-refractivity contribution >= 4 is 23.0 Å². The van der Waals surface area contributed by atoms with E-state index < -0.39 is 11.6 Å². The van der Waals surface area contributed by atoms with Gasteiger partial charge in [-0.05, 0) is 90.5 Å². The largest absolute Gasteiger partial charge is 0.477 e. The maximum atomic E-state index is 12.4. The van der Waals surface area contributed by atoms with Gasteiger partial charge in [-0.3, -0.25) is 0 Å². The zero-order valence-electron chi connectivity index (χ0n) is 23.7. The molecule has 1 aromatic rings. The number of carbonyl (C=O) groups is 1. The van der Waals surface area contributed by atoms with E-state index in [1.807, 2.05) is 6.07 Å². The molecule has 2 heterocycles. The van der Waals surface area contributed by atoms with Crippen molar-refractivity contribution in [1.29, 1.82) is 0 Å². The van der Waals surface area contributed by atoms with Crippen LogP contribution in [0, 0.1) is 29.1 Å². The predicted octanol–water partition coefficient (Wildman–Crippen LogP) is 6.12. The van der Waals surface area contributed by atoms with E-state index in [0.29, 0.717) is 42.8 Å². The van der Waals surface area contributed by atoms with Crippen LogP contribution in [0.1, 0.15) is 94.1 Å². The van der Waals surface area contributed by atoms with Gasteiger partial charge in [0.15, 0.2) is 0 Å². The third kappa shape index (κ3) is 7.63. The van der Waals surface area contributed by atoms with E-state index in [1.54, 1.807) is 0 Å². The van der Waals surface area contributed by atoms with E-state index >= 15 is 0 Å². The molecule has 210 valence electrons. The van der Waals surface area contributed by atoms with E-state index in [4.69, 9.17) is 9.47 Å². The van der Waals surface area contributed by atoms with E-state index in [-0.39, 0.29) is 17.6 Å². The van der Waals surface area contributed by atoms with Crippen LogP contribution < -0.4 is 4.90 Å². The Morgan fingerprint density at radius 3 is 2.63 bits per heavy atom. The number of ether oxygens (including phenoxy) is 2. The second-order valence-corrected chi connectivity index (χ2v) is 13.8. The molecule has 1 saturated heterocycles. The van der Waals surface area contributed by atoms with Gasteiger partial charge in [-0.1, -0.05) is 30.4 Å². The molecule has 4 rings (SSSR count). The maximum Gasteiger partial charge on any atom is 0.348 e. The number of hydrogen-bond donors (Lipinski definition) is 2. The van der Waals surface area contributed by atoms with Crippen LogP contribution in [0.3, 0.4) is 0 Å². The van der Waals surface area contributed by atoms with E-state index in [2.05, 4.69) is 57.4 Å². The normalized spacial score (nSPS) is 29.9. The Balaban J connectivity index is 1.57. The molecule has 1 aromatic heterocycles. The number of allylic oxidation sites excluding steroid dienone is 2. The van der Waals surface area contributed by atoms with Gasteiger partial charge in [0, 0.05) is 24.6 Å². The average Bonchev–Trinajstić information content (AvgIpc) is 3.52. The Labute approximate surface area is 232 Å². The molecule has 3 atom stereocenters. The van der Waals surface area contributed by atoms with Crippen molar-refractivity contribution in [1.82, 2.24) is 0 Å². The molecule has 0 aromatic carbocycles. The lowest BCUT2D eigenvalue weighted by molar-refractivity contribution is -0.0927. The van der Waals surface area contributed by atoms with Gasteiger partial charge in [-0.15, -0.1) is 11.3 Å². The van der Waals surface area contributed by atoms with Crippen molar-refractivity contribution in [3.8, 4) is 11.8 Å². The SMILES string of the molecule is CC1=CC[C@H](CN(c2cc(C#CC(C)(C)C)sc2C(=O)O)[C@H]2CC[C@](O)(CO[C@@H]3CCOC3)CC2)[C@@H](C)C1. The fourth-order valence-corrected chi connectivity index (χ4v) is 6.73. The van der Waals surface area contributed by atoms with Crippen molar-refractivity contribution in [3.05, 3.63) is 27.5 Å². The zero-order chi connectivity index (χ0) is 27.5. The van der Waals surface area contributed by atoms with Crippen molar-refractivity contribution in [3.63, 3.8) is 0 Å². The third-order valence-corrected chi connectivity index (χ3v) is 9.26. The van der Waals surface area contributed by atoms with Crippen LogP contribution in [0.5, 0.6) is 0 Å². The number of anilines is 1. The van der Waals surface area contributed by atoms with E-state index in [0.717, 1.165) is 55.8 Å². The van der Waals surface area contributed by atoms with Crippen LogP contribution in [0.25, 0.3) is 0 Å². The smallest absolute Gasteiger partial charge is 0.348 e. The molecule has 0 unspecified atom stereocenters. The molecule has 7 heteroatoms. The minimum absolute atomic E-state index is 0.0779. The highest BCUT2D eigenvalue weighted by Crippen LogP contribution is 2.40. The topological polar surface area (TPSA) is 79.2 Å². The molecule has 3 aliphatic rings. The van der Waals surface area contributed by atoms with Gasteiger partial charge in [-0.25, -0.2) is 4.79 Å². The third-order valence-electron chi connectivity index (χ3n) is 8.23. The van der Waals surface area contributed by atoms with Gasteiger partial charge >= 0.3 is 5.97 Å². The Bertz CT molecular complexity index is 1060. The summed E-state index contributed by atoms with van der Waals surface area (Å²) in [7, 11) is 0. The van der Waals surface area contributed by atoms with E-state index in [1.165, 1.54) is 16.9 Å². The number of carboxylic acids is 1. The first kappa shape index (κ1) is 29.1. The molecule has 0 radical (unpaired) electrons. The van der Waals surface area contributed by atoms with Crippen LogP contribution in [0.4, 0.5) is 5.69 Å². The summed E-state index contributed by atoms with van der Waals surface area (Å²) in [4.78, 5) is 15.9. The molecule has 6 nitrogen and oxygen atoms in total. The fraction of sp³-hybridized carbons (Fsp3) is 0.710. The number of aliphatic hydroxyl groups is 1. The van der Waals surface area contributed by atoms with Gasteiger partial charge in [0.1, 0.15) is 4.88 Å². The monoisotopic (exact) mass is 543 g/mol. The molecule has 0 bridgehead atoms. The Kier molecular flexibility index (Phi) is 9.30. The molecule has 2 N–H and O–H groups in total. The second kappa shape index (κ2) is 12.1. The highest BCUT2D eigenvalue weighted by Gasteiger charge is 2.39. The summed E-state index contributed by atoms with van der Waals surface area (Å²) in [5.41, 5.74) is 1.23. The van der Waals surface area contributed by atoms with Crippen molar-refractivity contribution in [2.75, 3.05) is 31.3 Å². The van der Waals surface area contributed by atoms with E-state index in [9.17, 15) is 15.0 Å². The summed E-state index contributed by atoms with van der Waals surface area (Å²) in [5.74, 6) is 6.59. The molecule has 2 aliphatic carbocycles. The summed E-state index contributed by atoms with van der Waals surface area (Å²) in [5, 5.41) is 21.4. The second-order valence-electron chi connectivity index (χ2n) is 12.8. The summed E-state index contributed by atoms with van der Waals surface area (Å²) in [6.45, 7) is 13.2. The minimum atomic E-state index is -0.897. The molecule has 0 spiro atoms. The Morgan fingerprint density at radius 2 is 2.03 bits per heavy atom. The first-order valence-corrected chi connectivity index (χ1v) is 15.0. The lowest BCUT2D eigenvalue weighted by Crippen LogP contribution is -2.48. The van der Waals surface area contributed by atoms with Crippen LogP contribution in [-0.2, 0) is 9.47 Å². The summed E-state index contributed by atoms with van der Waals surface area (Å²) >= 11 is 1.28. The summed E-state index contributed by atoms with van der Waals surface area (Å²) < 4.78 is 11.4. The average molecular weight is 544 g/mol. The van der Waals surface area contributed by atoms with Gasteiger partial charge < -0.3 is 24.6 Å². The van der Waals surface area contributed by atoms with Crippen LogP contribution in [-0.4, -0.2) is 60.3 Å². The number of nitrogens with zero attached hydrogens (tertiary/aromatic N) is 1. The molecule has 38 heavy (non-hydrogen) atoms. The number of thiophene rings is 1. The van der Waals surface area contributed by atoms with Gasteiger partial charge in [0.2, 0.25) is 0 Å². The first-order valence-electron chi connectivity index (χ1n) is 14.2. The standard InChI is InChI=1S/C31H45NO5S/c1-21-6-7-23(22(2)16-21)18-32(27-17-26(10-12-30(3,4)5)38-28(27)29(33)34)24-8-13-31(35,14-9-24)20-37-25-11-15-36-19-25/h6,17,22-25,35H,7-9,11,13-16,18-20H2,1-5H3,(H,33,34)/t22-,23+,24-,25+,31+/m0/s1. The fourth-order valence-electron chi connectivity index (χ4n) is 5.87. The number of carboxylic acid groups (broad SMARTS) is 1. The quantitative estimate of drug-likeness (QED) is 0.304. The van der Waals surface area contributed by atoms with Gasteiger partial charge in [-0.2, -0.15) is 0 Å². The highest BCUT2D eigenvalue weighted by molar-refractivity contribution is 7.15. The maximum absolute atomic E-state index is 12.4. The van der Waals surface area contributed by atoms with Crippen LogP contribution in [0.15, 0.2) is 17.7 Å². The molecule has 1 aliphatic heterocycles. The molecule has 0 amide bonds. The molecular weight excluding hydrogens is 498 g/mol. The van der Waals surface area contributed by atoms with Crippen LogP contribution in [0.2, 0.25) is 0 Å². The number of rotatable bonds is 8. The highest BCUT2D eigenvalue weighted by atomic mass is 32.1. The van der Waals surface area contributed by atoms with Crippen molar-refractivity contribution in [2.24, 2.45) is 17.3 Å². The van der Waals surface area contributed by atoms with Crippen molar-refractivity contribution in [2.45, 2.75) is 97.3 Å². The first-order chi connectivity index (χ1) is 17.9. The molecule has 2 fully saturated rings. The molecule has 1 saturated carbocycles. The predicted molar refractivity (Wildman–Crippen MR) is 153 cm³/mol. The Morgan fingerprint density at radius 1 is 1.29 bits per heavy atom. The summed E-state index contributed by atoms with van der Waals surface area (Å²) in [6, 6.07) is 2.16. The van der Waals surface area contributed by atoms with Crippen molar-refractivity contribution < 1.29 is 24.5 Å². The lowest BCUT2D eigenvalue weighted by Gasteiger charge is -2.44. The number of hydrogen-bond acceptors (Lipinski definition) is 6. The number of aromatic carboxylic acids is 1. The minimum Gasteiger partial charge on any atom is -0.477 e. The van der Waals surface area contributed by atoms with Crippen LogP contribution >= 0.6 is 11.3 Å². The lowest BCUT2D eigenvalue weighted by atomic mass is 9.79.